The fourth-order valence-corrected chi connectivity index (χ4v) is 7.02. The second-order valence-electron chi connectivity index (χ2n) is 14.6. The first kappa shape index (κ1) is 39.9. The van der Waals surface area contributed by atoms with Crippen molar-refractivity contribution >= 4 is 35.2 Å². The number of rotatable bonds is 9. The molecule has 52 heavy (non-hydrogen) atoms. The minimum absolute atomic E-state index is 0.0468. The molecule has 0 saturated heterocycles. The average molecular weight is 741 g/mol. The fraction of sp³-hybridized carbons (Fsp3) is 0.559. The van der Waals surface area contributed by atoms with E-state index in [0.29, 0.717) is 10.6 Å². The van der Waals surface area contributed by atoms with Gasteiger partial charge in [0.05, 0.1) is 30.0 Å². The fourth-order valence-electron chi connectivity index (χ4n) is 7.02. The molecule has 286 valence electrons. The monoisotopic (exact) mass is 740 g/mol. The third-order valence-electron chi connectivity index (χ3n) is 9.53. The van der Waals surface area contributed by atoms with Gasteiger partial charge in [-0.1, -0.05) is 0 Å². The van der Waals surface area contributed by atoms with Crippen LogP contribution in [0.5, 0.6) is 5.75 Å². The Labute approximate surface area is 297 Å². The summed E-state index contributed by atoms with van der Waals surface area (Å²) in [7, 11) is 6.20. The first-order valence-corrected chi connectivity index (χ1v) is 16.2. The Morgan fingerprint density at radius 1 is 1.04 bits per heavy atom. The normalized spacial score (nSPS) is 23.2. The number of esters is 1. The van der Waals surface area contributed by atoms with Crippen LogP contribution < -0.4 is 10.6 Å². The van der Waals surface area contributed by atoms with Crippen molar-refractivity contribution in [3.05, 3.63) is 45.4 Å². The average Bonchev–Trinajstić information content (AvgIpc) is 3.00. The summed E-state index contributed by atoms with van der Waals surface area (Å²) in [5, 5.41) is 46.0. The number of carbonyl (C=O) groups is 5. The molecule has 0 bridgehead atoms. The van der Waals surface area contributed by atoms with Crippen LogP contribution in [0.2, 0.25) is 0 Å². The van der Waals surface area contributed by atoms with Crippen LogP contribution >= 0.6 is 0 Å². The Morgan fingerprint density at radius 2 is 1.65 bits per heavy atom. The number of ether oxygens (including phenoxy) is 2. The zero-order valence-electron chi connectivity index (χ0n) is 29.8. The molecule has 0 radical (unpaired) electrons. The maximum atomic E-state index is 14.3. The summed E-state index contributed by atoms with van der Waals surface area (Å²) >= 11 is 0. The molecule has 0 saturated carbocycles. The molecule has 3 aliphatic carbocycles. The predicted molar refractivity (Wildman–Crippen MR) is 176 cm³/mol. The number of likely N-dealkylation sites (N-methyl/N-ethyl adjacent to an activating group) is 1. The number of benzene rings is 1. The molecule has 0 fully saturated rings. The van der Waals surface area contributed by atoms with Gasteiger partial charge in [0.15, 0.2) is 11.4 Å². The van der Waals surface area contributed by atoms with E-state index in [0.717, 1.165) is 0 Å². The van der Waals surface area contributed by atoms with Crippen LogP contribution in [0.15, 0.2) is 28.7 Å². The lowest BCUT2D eigenvalue weighted by molar-refractivity contribution is -0.162. The highest BCUT2D eigenvalue weighted by molar-refractivity contribution is 6.25. The van der Waals surface area contributed by atoms with E-state index in [9.17, 15) is 57.6 Å². The lowest BCUT2D eigenvalue weighted by Crippen LogP contribution is -2.63. The molecule has 1 aromatic rings. The molecule has 0 aliphatic heterocycles. The topological polar surface area (TPSA) is 220 Å². The van der Waals surface area contributed by atoms with E-state index in [-0.39, 0.29) is 24.0 Å². The standard InChI is InChI=1S/C34H43F3N4O11/c1-32(2,3)30(48)51-14-52-31(49)41(9-8-33(35,36)37)13-16-12-19(39(4)5)17-10-15-11-18-23(40(6)7)26(44)22(29(38)47)28(46)34(18,50)27(45)20(15)25(43)21(17)24(16)42/h12,15,18,23,42,44-45,50H,8-11,13-14H2,1-7H3,(H2,38,47)/t15-,18-,23+,34-/m0/s1. The van der Waals surface area contributed by atoms with Crippen LogP contribution in [0.3, 0.4) is 0 Å². The zero-order valence-corrected chi connectivity index (χ0v) is 29.8. The van der Waals surface area contributed by atoms with Crippen molar-refractivity contribution in [3.63, 3.8) is 0 Å². The van der Waals surface area contributed by atoms with Crippen LogP contribution in [-0.4, -0.2) is 119 Å². The van der Waals surface area contributed by atoms with Gasteiger partial charge in [0, 0.05) is 43.4 Å². The number of fused-ring (bicyclic) bond motifs is 3. The van der Waals surface area contributed by atoms with Gasteiger partial charge in [0.1, 0.15) is 22.8 Å². The summed E-state index contributed by atoms with van der Waals surface area (Å²) in [6.45, 7) is 2.03. The van der Waals surface area contributed by atoms with Gasteiger partial charge < -0.3 is 45.4 Å². The zero-order chi connectivity index (χ0) is 39.4. The van der Waals surface area contributed by atoms with Crippen LogP contribution in [0.4, 0.5) is 23.7 Å². The molecule has 0 aromatic heterocycles. The van der Waals surface area contributed by atoms with Gasteiger partial charge >= 0.3 is 18.2 Å². The van der Waals surface area contributed by atoms with E-state index in [1.54, 1.807) is 19.0 Å². The lowest BCUT2D eigenvalue weighted by atomic mass is 9.58. The van der Waals surface area contributed by atoms with Crippen LogP contribution in [0.25, 0.3) is 0 Å². The third kappa shape index (κ3) is 7.13. The molecule has 1 aromatic carbocycles. The molecular formula is C34H43F3N4O11. The van der Waals surface area contributed by atoms with Gasteiger partial charge in [-0.15, -0.1) is 0 Å². The molecule has 4 rings (SSSR count). The number of aliphatic hydroxyl groups excluding tert-OH is 2. The second-order valence-corrected chi connectivity index (χ2v) is 14.6. The second kappa shape index (κ2) is 13.9. The molecule has 0 unspecified atom stereocenters. The molecule has 18 heteroatoms. The number of nitrogens with zero attached hydrogens (tertiary/aromatic N) is 3. The minimum Gasteiger partial charge on any atom is -0.510 e. The maximum Gasteiger partial charge on any atom is 0.412 e. The first-order chi connectivity index (χ1) is 23.8. The summed E-state index contributed by atoms with van der Waals surface area (Å²) in [5.41, 5.74) is 0.117. The van der Waals surface area contributed by atoms with Gasteiger partial charge in [-0.25, -0.2) is 4.79 Å². The number of hydrogen-bond acceptors (Lipinski definition) is 13. The lowest BCUT2D eigenvalue weighted by Gasteiger charge is -2.50. The Kier molecular flexibility index (Phi) is 10.7. The number of Topliss-reactive ketones (excluding diaryl/α,β-unsaturated/α-hetero) is 2. The highest BCUT2D eigenvalue weighted by Gasteiger charge is 2.63. The highest BCUT2D eigenvalue weighted by Crippen LogP contribution is 2.53. The van der Waals surface area contributed by atoms with E-state index in [1.807, 2.05) is 0 Å². The molecule has 0 spiro atoms. The molecule has 3 aliphatic rings. The van der Waals surface area contributed by atoms with E-state index >= 15 is 0 Å². The molecule has 6 N–H and O–H groups in total. The Hall–Kier alpha value is -4.84. The Balaban J connectivity index is 1.81. The van der Waals surface area contributed by atoms with Crippen LogP contribution in [-0.2, 0) is 36.8 Å². The number of amides is 2. The van der Waals surface area contributed by atoms with E-state index in [2.05, 4.69) is 0 Å². The van der Waals surface area contributed by atoms with E-state index < -0.39 is 125 Å². The number of anilines is 1. The number of phenolic OH excluding ortho intramolecular Hbond substituents is 1. The molecule has 15 nitrogen and oxygen atoms in total. The van der Waals surface area contributed by atoms with Gasteiger partial charge in [-0.3, -0.25) is 24.1 Å². The number of hydrogen-bond donors (Lipinski definition) is 5. The molecule has 4 atom stereocenters. The van der Waals surface area contributed by atoms with Crippen molar-refractivity contribution in [2.75, 3.05) is 46.4 Å². The summed E-state index contributed by atoms with van der Waals surface area (Å²) in [6, 6.07) is 0.192. The third-order valence-corrected chi connectivity index (χ3v) is 9.53. The van der Waals surface area contributed by atoms with Crippen molar-refractivity contribution < 1.29 is 67.0 Å². The first-order valence-electron chi connectivity index (χ1n) is 16.2. The maximum absolute atomic E-state index is 14.3. The number of primary amides is 1. The number of alkyl halides is 3. The molecular weight excluding hydrogens is 697 g/mol. The van der Waals surface area contributed by atoms with Crippen LogP contribution in [0.1, 0.15) is 55.1 Å². The summed E-state index contributed by atoms with van der Waals surface area (Å²) in [4.78, 5) is 68.8. The van der Waals surface area contributed by atoms with E-state index in [4.69, 9.17) is 15.2 Å². The van der Waals surface area contributed by atoms with Crippen molar-refractivity contribution in [3.8, 4) is 5.75 Å². The van der Waals surface area contributed by atoms with Crippen molar-refractivity contribution in [2.24, 2.45) is 23.0 Å². The number of aliphatic hydroxyl groups is 3. The Bertz CT molecular complexity index is 1760. The van der Waals surface area contributed by atoms with E-state index in [1.165, 1.54) is 45.8 Å². The number of aromatic hydroxyl groups is 1. The highest BCUT2D eigenvalue weighted by atomic mass is 19.4. The summed E-state index contributed by atoms with van der Waals surface area (Å²) < 4.78 is 49.7. The molecule has 2 amide bonds. The number of halogens is 3. The molecule has 0 heterocycles. The van der Waals surface area contributed by atoms with Gasteiger partial charge in [-0.2, -0.15) is 13.2 Å². The van der Waals surface area contributed by atoms with Gasteiger partial charge in [0.25, 0.3) is 5.91 Å². The SMILES string of the molecule is CN(C)c1cc(CN(CCC(F)(F)F)C(=O)OCOC(=O)C(C)(C)C)c(O)c2c1C[C@H]1C[C@H]3[C@@H](N(C)C)C(O)=C(C(N)=O)C(=O)[C@@]3(O)C(O)=C1C2=O. The summed E-state index contributed by atoms with van der Waals surface area (Å²) in [5.74, 6) is -9.23. The number of carbonyl (C=O) groups excluding carboxylic acids is 5. The van der Waals surface area contributed by atoms with Gasteiger partial charge in [0.2, 0.25) is 12.6 Å². The summed E-state index contributed by atoms with van der Waals surface area (Å²) in [6.07, 6.45) is -7.71. The predicted octanol–water partition coefficient (Wildman–Crippen LogP) is 2.62. The Morgan fingerprint density at radius 3 is 2.17 bits per heavy atom. The quantitative estimate of drug-likeness (QED) is 0.140. The number of ketones is 2. The largest absolute Gasteiger partial charge is 0.510 e. The van der Waals surface area contributed by atoms with Crippen molar-refractivity contribution in [1.82, 2.24) is 9.80 Å². The van der Waals surface area contributed by atoms with Gasteiger partial charge in [-0.05, 0) is 65.3 Å². The van der Waals surface area contributed by atoms with Crippen molar-refractivity contribution in [2.45, 2.75) is 64.4 Å². The van der Waals surface area contributed by atoms with Crippen molar-refractivity contribution in [1.29, 1.82) is 0 Å². The van der Waals surface area contributed by atoms with Crippen LogP contribution in [0, 0.1) is 17.3 Å². The smallest absolute Gasteiger partial charge is 0.412 e. The number of nitrogens with two attached hydrogens (primary N) is 1. The minimum atomic E-state index is -4.71. The number of phenols is 1. The number of allylic oxidation sites excluding steroid dienone is 1.